The summed E-state index contributed by atoms with van der Waals surface area (Å²) < 4.78 is 5.85. The first kappa shape index (κ1) is 19.9. The van der Waals surface area contributed by atoms with E-state index in [9.17, 15) is 4.79 Å². The summed E-state index contributed by atoms with van der Waals surface area (Å²) >= 11 is 3.96. The predicted molar refractivity (Wildman–Crippen MR) is 106 cm³/mol. The van der Waals surface area contributed by atoms with Gasteiger partial charge in [-0.2, -0.15) is 0 Å². The number of thioether (sulfide) groups is 2. The van der Waals surface area contributed by atoms with Gasteiger partial charge in [-0.05, 0) is 43.6 Å². The molecule has 1 aromatic carbocycles. The second kappa shape index (κ2) is 9.34. The molecule has 2 aliphatic heterocycles. The Morgan fingerprint density at radius 2 is 2.04 bits per heavy atom. The molecule has 1 aromatic rings. The first-order chi connectivity index (χ1) is 11.2. The zero-order chi connectivity index (χ0) is 16.1. The van der Waals surface area contributed by atoms with Gasteiger partial charge >= 0.3 is 0 Å². The van der Waals surface area contributed by atoms with Crippen LogP contribution in [0.5, 0.6) is 0 Å². The van der Waals surface area contributed by atoms with Crippen molar-refractivity contribution in [3.05, 3.63) is 29.8 Å². The smallest absolute Gasteiger partial charge is 0.233 e. The van der Waals surface area contributed by atoms with Crippen LogP contribution in [0.4, 0.5) is 5.69 Å². The van der Waals surface area contributed by atoms with Gasteiger partial charge in [-0.25, -0.2) is 0 Å². The molecule has 0 bridgehead atoms. The average molecular weight is 389 g/mol. The number of benzene rings is 1. The van der Waals surface area contributed by atoms with Gasteiger partial charge in [-0.15, -0.1) is 35.9 Å². The second-order valence-corrected chi connectivity index (χ2v) is 8.84. The topological polar surface area (TPSA) is 50.4 Å². The SMILES string of the molecule is COCC1(C(=O)Nc2cccc(C3SCCS3)c2)CCNCC1.Cl. The van der Waals surface area contributed by atoms with Crippen LogP contribution >= 0.6 is 35.9 Å². The number of hydrogen-bond donors (Lipinski definition) is 2. The summed E-state index contributed by atoms with van der Waals surface area (Å²) in [5.74, 6) is 2.50. The van der Waals surface area contributed by atoms with Crippen molar-refractivity contribution >= 4 is 47.5 Å². The summed E-state index contributed by atoms with van der Waals surface area (Å²) in [5.41, 5.74) is 1.78. The molecular formula is C17H25ClN2O2S2. The lowest BCUT2D eigenvalue weighted by atomic mass is 9.78. The third kappa shape index (κ3) is 4.61. The van der Waals surface area contributed by atoms with E-state index < -0.39 is 5.41 Å². The number of carbonyl (C=O) groups excluding carboxylic acids is 1. The molecule has 4 nitrogen and oxygen atoms in total. The van der Waals surface area contributed by atoms with Crippen molar-refractivity contribution in [2.75, 3.05) is 43.6 Å². The van der Waals surface area contributed by atoms with Crippen molar-refractivity contribution in [1.82, 2.24) is 5.32 Å². The molecular weight excluding hydrogens is 364 g/mol. The lowest BCUT2D eigenvalue weighted by Gasteiger charge is -2.35. The Balaban J connectivity index is 0.00000208. The normalized spacial score (nSPS) is 20.4. The number of piperidine rings is 1. The molecule has 0 radical (unpaired) electrons. The van der Waals surface area contributed by atoms with Gasteiger partial charge in [0, 0.05) is 24.3 Å². The number of ether oxygens (including phenoxy) is 1. The zero-order valence-electron chi connectivity index (χ0n) is 13.9. The fraction of sp³-hybridized carbons (Fsp3) is 0.588. The van der Waals surface area contributed by atoms with E-state index >= 15 is 0 Å². The van der Waals surface area contributed by atoms with E-state index in [0.717, 1.165) is 31.6 Å². The highest BCUT2D eigenvalue weighted by Crippen LogP contribution is 2.45. The van der Waals surface area contributed by atoms with E-state index in [1.807, 2.05) is 35.7 Å². The molecule has 3 rings (SSSR count). The summed E-state index contributed by atoms with van der Waals surface area (Å²) in [6.07, 6.45) is 1.64. The number of halogens is 1. The maximum Gasteiger partial charge on any atom is 0.233 e. The zero-order valence-corrected chi connectivity index (χ0v) is 16.3. The number of rotatable bonds is 5. The van der Waals surface area contributed by atoms with E-state index in [0.29, 0.717) is 11.2 Å². The number of anilines is 1. The highest BCUT2D eigenvalue weighted by Gasteiger charge is 2.39. The van der Waals surface area contributed by atoms with Gasteiger partial charge in [-0.3, -0.25) is 4.79 Å². The molecule has 0 aromatic heterocycles. The van der Waals surface area contributed by atoms with Crippen LogP contribution in [0.15, 0.2) is 24.3 Å². The summed E-state index contributed by atoms with van der Waals surface area (Å²) in [6.45, 7) is 2.22. The van der Waals surface area contributed by atoms with Crippen molar-refractivity contribution in [2.24, 2.45) is 5.41 Å². The summed E-state index contributed by atoms with van der Waals surface area (Å²) in [6, 6.07) is 8.29. The summed E-state index contributed by atoms with van der Waals surface area (Å²) in [5, 5.41) is 6.46. The number of nitrogens with one attached hydrogen (secondary N) is 2. The Bertz CT molecular complexity index is 542. The maximum atomic E-state index is 12.9. The third-order valence-corrected chi connectivity index (χ3v) is 7.61. The first-order valence-electron chi connectivity index (χ1n) is 8.08. The van der Waals surface area contributed by atoms with E-state index in [4.69, 9.17) is 4.74 Å². The molecule has 24 heavy (non-hydrogen) atoms. The summed E-state index contributed by atoms with van der Waals surface area (Å²) in [7, 11) is 1.67. The number of carbonyl (C=O) groups is 1. The average Bonchev–Trinajstić information content (AvgIpc) is 3.11. The number of amides is 1. The van der Waals surface area contributed by atoms with Crippen molar-refractivity contribution < 1.29 is 9.53 Å². The molecule has 2 aliphatic rings. The molecule has 2 saturated heterocycles. The molecule has 2 fully saturated rings. The number of hydrogen-bond acceptors (Lipinski definition) is 5. The van der Waals surface area contributed by atoms with Gasteiger partial charge < -0.3 is 15.4 Å². The summed E-state index contributed by atoms with van der Waals surface area (Å²) in [4.78, 5) is 12.9. The van der Waals surface area contributed by atoms with Crippen molar-refractivity contribution in [2.45, 2.75) is 17.4 Å². The van der Waals surface area contributed by atoms with Gasteiger partial charge in [0.15, 0.2) is 0 Å². The first-order valence-corrected chi connectivity index (χ1v) is 10.2. The van der Waals surface area contributed by atoms with E-state index in [1.54, 1.807) is 7.11 Å². The lowest BCUT2D eigenvalue weighted by molar-refractivity contribution is -0.130. The Labute approximate surface area is 158 Å². The maximum absolute atomic E-state index is 12.9. The minimum atomic E-state index is -0.410. The van der Waals surface area contributed by atoms with Gasteiger partial charge in [0.25, 0.3) is 0 Å². The van der Waals surface area contributed by atoms with Gasteiger partial charge in [-0.1, -0.05) is 12.1 Å². The molecule has 0 spiro atoms. The van der Waals surface area contributed by atoms with Crippen molar-refractivity contribution in [3.63, 3.8) is 0 Å². The van der Waals surface area contributed by atoms with E-state index in [1.165, 1.54) is 17.1 Å². The van der Waals surface area contributed by atoms with Crippen LogP contribution in [0.25, 0.3) is 0 Å². The Kier molecular flexibility index (Phi) is 7.75. The molecule has 7 heteroatoms. The molecule has 0 saturated carbocycles. The van der Waals surface area contributed by atoms with Crippen LogP contribution in [-0.2, 0) is 9.53 Å². The Morgan fingerprint density at radius 1 is 1.33 bits per heavy atom. The Morgan fingerprint density at radius 3 is 2.71 bits per heavy atom. The second-order valence-electron chi connectivity index (χ2n) is 6.12. The minimum Gasteiger partial charge on any atom is -0.384 e. The fourth-order valence-corrected chi connectivity index (χ4v) is 6.03. The molecule has 1 amide bonds. The number of methoxy groups -OCH3 is 1. The van der Waals surface area contributed by atoms with Crippen LogP contribution in [0.3, 0.4) is 0 Å². The van der Waals surface area contributed by atoms with E-state index in [-0.39, 0.29) is 18.3 Å². The molecule has 0 unspecified atom stereocenters. The van der Waals surface area contributed by atoms with Crippen molar-refractivity contribution in [1.29, 1.82) is 0 Å². The van der Waals surface area contributed by atoms with Gasteiger partial charge in [0.2, 0.25) is 5.91 Å². The molecule has 2 heterocycles. The predicted octanol–water partition coefficient (Wildman–Crippen LogP) is 3.54. The highest BCUT2D eigenvalue weighted by atomic mass is 35.5. The van der Waals surface area contributed by atoms with Crippen LogP contribution < -0.4 is 10.6 Å². The van der Waals surface area contributed by atoms with Crippen LogP contribution in [0.1, 0.15) is 23.0 Å². The third-order valence-electron chi connectivity index (χ3n) is 4.50. The standard InChI is InChI=1S/C17H24N2O2S2.ClH/c1-21-12-17(5-7-18-8-6-17)16(20)19-14-4-2-3-13(11-14)15-22-9-10-23-15;/h2-4,11,15,18H,5-10,12H2,1H3,(H,19,20);1H. The monoisotopic (exact) mass is 388 g/mol. The highest BCUT2D eigenvalue weighted by molar-refractivity contribution is 8.19. The van der Waals surface area contributed by atoms with E-state index in [2.05, 4.69) is 22.8 Å². The molecule has 0 atom stereocenters. The minimum absolute atomic E-state index is 0. The lowest BCUT2D eigenvalue weighted by Crippen LogP contribution is -2.47. The molecule has 0 aliphatic carbocycles. The van der Waals surface area contributed by atoms with Crippen LogP contribution in [-0.4, -0.2) is 44.2 Å². The van der Waals surface area contributed by atoms with Gasteiger partial charge in [0.1, 0.15) is 0 Å². The van der Waals surface area contributed by atoms with Crippen molar-refractivity contribution in [3.8, 4) is 0 Å². The molecule has 134 valence electrons. The van der Waals surface area contributed by atoms with Crippen LogP contribution in [0.2, 0.25) is 0 Å². The Hall–Kier alpha value is -0.400. The fourth-order valence-electron chi connectivity index (χ4n) is 3.20. The quantitative estimate of drug-likeness (QED) is 0.807. The molecule has 2 N–H and O–H groups in total. The largest absolute Gasteiger partial charge is 0.384 e. The van der Waals surface area contributed by atoms with Crippen LogP contribution in [0, 0.1) is 5.41 Å². The van der Waals surface area contributed by atoms with Gasteiger partial charge in [0.05, 0.1) is 16.6 Å².